The molecule has 1 heterocycles. The van der Waals surface area contributed by atoms with E-state index in [0.717, 1.165) is 44.7 Å². The zero-order chi connectivity index (χ0) is 21.6. The van der Waals surface area contributed by atoms with Crippen LogP contribution in [-0.4, -0.2) is 45.0 Å². The SMILES string of the molecule is CC(=O)NC(Cc1cc(F)cc(F)c1)C(O)CNC1(CCCCn2cccn2)CC1. The van der Waals surface area contributed by atoms with Crippen molar-refractivity contribution in [3.8, 4) is 0 Å². The summed E-state index contributed by atoms with van der Waals surface area (Å²) in [6, 6.07) is 4.53. The predicted molar refractivity (Wildman–Crippen MR) is 110 cm³/mol. The predicted octanol–water partition coefficient (Wildman–Crippen LogP) is 2.56. The van der Waals surface area contributed by atoms with Crippen LogP contribution in [0.4, 0.5) is 8.78 Å². The number of benzene rings is 1. The Kier molecular flexibility index (Phi) is 7.55. The Balaban J connectivity index is 1.48. The van der Waals surface area contributed by atoms with Gasteiger partial charge in [-0.15, -0.1) is 0 Å². The highest BCUT2D eigenvalue weighted by atomic mass is 19.1. The highest BCUT2D eigenvalue weighted by Crippen LogP contribution is 2.40. The number of unbranched alkanes of at least 4 members (excludes halogenated alkanes) is 1. The van der Waals surface area contributed by atoms with Gasteiger partial charge in [0.1, 0.15) is 11.6 Å². The average molecular weight is 421 g/mol. The molecule has 0 aliphatic heterocycles. The molecular weight excluding hydrogens is 390 g/mol. The van der Waals surface area contributed by atoms with Crippen LogP contribution >= 0.6 is 0 Å². The summed E-state index contributed by atoms with van der Waals surface area (Å²) in [7, 11) is 0. The summed E-state index contributed by atoms with van der Waals surface area (Å²) >= 11 is 0. The smallest absolute Gasteiger partial charge is 0.217 e. The van der Waals surface area contributed by atoms with Crippen LogP contribution in [0.3, 0.4) is 0 Å². The zero-order valence-electron chi connectivity index (χ0n) is 17.3. The van der Waals surface area contributed by atoms with Gasteiger partial charge < -0.3 is 15.7 Å². The normalized spacial score (nSPS) is 16.8. The molecule has 0 radical (unpaired) electrons. The van der Waals surface area contributed by atoms with Crippen molar-refractivity contribution in [1.29, 1.82) is 0 Å². The summed E-state index contributed by atoms with van der Waals surface area (Å²) in [6.07, 6.45) is 8.22. The van der Waals surface area contributed by atoms with Gasteiger partial charge in [0, 0.05) is 44.0 Å². The number of halogens is 2. The lowest BCUT2D eigenvalue weighted by molar-refractivity contribution is -0.120. The third-order valence-corrected chi connectivity index (χ3v) is 5.62. The number of carbonyl (C=O) groups excluding carboxylic acids is 1. The summed E-state index contributed by atoms with van der Waals surface area (Å²) in [6.45, 7) is 2.56. The Bertz CT molecular complexity index is 804. The lowest BCUT2D eigenvalue weighted by Gasteiger charge is -2.27. The van der Waals surface area contributed by atoms with Gasteiger partial charge in [-0.25, -0.2) is 8.78 Å². The first-order chi connectivity index (χ1) is 14.3. The van der Waals surface area contributed by atoms with Gasteiger partial charge in [0.25, 0.3) is 0 Å². The molecule has 3 rings (SSSR count). The fraction of sp³-hybridized carbons (Fsp3) is 0.545. The van der Waals surface area contributed by atoms with E-state index in [4.69, 9.17) is 0 Å². The minimum absolute atomic E-state index is 0.0385. The van der Waals surface area contributed by atoms with Gasteiger partial charge >= 0.3 is 0 Å². The molecule has 0 spiro atoms. The van der Waals surface area contributed by atoms with Crippen molar-refractivity contribution in [2.24, 2.45) is 0 Å². The highest BCUT2D eigenvalue weighted by molar-refractivity contribution is 5.73. The van der Waals surface area contributed by atoms with Crippen LogP contribution in [0.5, 0.6) is 0 Å². The number of nitrogens with zero attached hydrogens (tertiary/aromatic N) is 2. The first-order valence-corrected chi connectivity index (χ1v) is 10.5. The van der Waals surface area contributed by atoms with E-state index < -0.39 is 23.8 Å². The maximum absolute atomic E-state index is 13.5. The van der Waals surface area contributed by atoms with Gasteiger partial charge in [0.15, 0.2) is 0 Å². The van der Waals surface area contributed by atoms with Crippen molar-refractivity contribution in [2.75, 3.05) is 6.54 Å². The van der Waals surface area contributed by atoms with Gasteiger partial charge in [-0.2, -0.15) is 5.10 Å². The molecule has 0 bridgehead atoms. The van der Waals surface area contributed by atoms with Gasteiger partial charge in [-0.3, -0.25) is 9.48 Å². The molecule has 2 atom stereocenters. The second-order valence-electron chi connectivity index (χ2n) is 8.24. The third kappa shape index (κ3) is 6.88. The number of carbonyl (C=O) groups is 1. The topological polar surface area (TPSA) is 79.2 Å². The summed E-state index contributed by atoms with van der Waals surface area (Å²) in [4.78, 5) is 11.6. The molecule has 1 aliphatic carbocycles. The van der Waals surface area contributed by atoms with Crippen LogP contribution in [-0.2, 0) is 17.8 Å². The molecule has 1 aromatic carbocycles. The Morgan fingerprint density at radius 3 is 2.60 bits per heavy atom. The Hall–Kier alpha value is -2.32. The van der Waals surface area contributed by atoms with Crippen molar-refractivity contribution in [2.45, 2.75) is 69.7 Å². The third-order valence-electron chi connectivity index (χ3n) is 5.62. The summed E-state index contributed by atoms with van der Waals surface area (Å²) in [5, 5.41) is 21.0. The van der Waals surface area contributed by atoms with E-state index in [9.17, 15) is 18.7 Å². The fourth-order valence-corrected chi connectivity index (χ4v) is 3.83. The largest absolute Gasteiger partial charge is 0.390 e. The lowest BCUT2D eigenvalue weighted by Crippen LogP contribution is -2.50. The number of hydrogen-bond donors (Lipinski definition) is 3. The van der Waals surface area contributed by atoms with Gasteiger partial charge in [-0.1, -0.05) is 0 Å². The molecule has 1 saturated carbocycles. The molecule has 1 aliphatic rings. The van der Waals surface area contributed by atoms with Gasteiger partial charge in [0.2, 0.25) is 5.91 Å². The molecule has 1 aromatic heterocycles. The van der Waals surface area contributed by atoms with E-state index in [1.165, 1.54) is 19.1 Å². The van der Waals surface area contributed by atoms with E-state index in [1.54, 1.807) is 6.20 Å². The second kappa shape index (κ2) is 10.1. The van der Waals surface area contributed by atoms with E-state index in [-0.39, 0.29) is 17.9 Å². The Morgan fingerprint density at radius 2 is 2.00 bits per heavy atom. The van der Waals surface area contributed by atoms with E-state index in [2.05, 4.69) is 15.7 Å². The Labute approximate surface area is 175 Å². The molecule has 2 unspecified atom stereocenters. The van der Waals surface area contributed by atoms with Crippen LogP contribution in [0.25, 0.3) is 0 Å². The maximum atomic E-state index is 13.5. The monoisotopic (exact) mass is 420 g/mol. The number of hydrogen-bond acceptors (Lipinski definition) is 4. The molecule has 8 heteroatoms. The summed E-state index contributed by atoms with van der Waals surface area (Å²) < 4.78 is 28.9. The second-order valence-corrected chi connectivity index (χ2v) is 8.24. The van der Waals surface area contributed by atoms with Crippen molar-refractivity contribution >= 4 is 5.91 Å². The quantitative estimate of drug-likeness (QED) is 0.461. The fourth-order valence-electron chi connectivity index (χ4n) is 3.83. The number of amides is 1. The highest BCUT2D eigenvalue weighted by Gasteiger charge is 2.41. The lowest BCUT2D eigenvalue weighted by atomic mass is 10.00. The number of aromatic nitrogens is 2. The van der Waals surface area contributed by atoms with Crippen molar-refractivity contribution in [1.82, 2.24) is 20.4 Å². The minimum atomic E-state index is -0.873. The molecule has 30 heavy (non-hydrogen) atoms. The maximum Gasteiger partial charge on any atom is 0.217 e. The molecule has 0 saturated heterocycles. The number of β-amino-alcohol motifs (C(OH)–C–C–N with tert-alkyl or cyclic N) is 1. The van der Waals surface area contributed by atoms with Crippen LogP contribution in [0.15, 0.2) is 36.7 Å². The average Bonchev–Trinajstić information content (AvgIpc) is 3.24. The summed E-state index contributed by atoms with van der Waals surface area (Å²) in [5.41, 5.74) is 0.432. The molecule has 164 valence electrons. The van der Waals surface area contributed by atoms with Gasteiger partial charge in [-0.05, 0) is 62.3 Å². The first-order valence-electron chi connectivity index (χ1n) is 10.5. The minimum Gasteiger partial charge on any atom is -0.390 e. The van der Waals surface area contributed by atoms with Gasteiger partial charge in [0.05, 0.1) is 12.1 Å². The molecule has 3 N–H and O–H groups in total. The molecule has 1 fully saturated rings. The summed E-state index contributed by atoms with van der Waals surface area (Å²) in [5.74, 6) is -1.65. The van der Waals surface area contributed by atoms with Crippen LogP contribution in [0.2, 0.25) is 0 Å². The number of rotatable bonds is 12. The van der Waals surface area contributed by atoms with Crippen LogP contribution in [0, 0.1) is 11.6 Å². The van der Waals surface area contributed by atoms with Crippen molar-refractivity contribution in [3.63, 3.8) is 0 Å². The van der Waals surface area contributed by atoms with Crippen molar-refractivity contribution < 1.29 is 18.7 Å². The number of aryl methyl sites for hydroxylation is 1. The van der Waals surface area contributed by atoms with Crippen molar-refractivity contribution in [3.05, 3.63) is 53.9 Å². The Morgan fingerprint density at radius 1 is 1.27 bits per heavy atom. The number of nitrogens with one attached hydrogen (secondary N) is 2. The first kappa shape index (κ1) is 22.4. The van der Waals surface area contributed by atoms with E-state index in [1.807, 2.05) is 16.9 Å². The standard InChI is InChI=1S/C22H30F2N4O2/c1-16(29)27-20(13-17-11-18(23)14-19(24)12-17)21(30)15-25-22(6-7-22)5-2-3-9-28-10-4-8-26-28/h4,8,10-12,14,20-21,25,30H,2-3,5-7,9,13,15H2,1H3,(H,27,29). The molecular formula is C22H30F2N4O2. The van der Waals surface area contributed by atoms with Crippen LogP contribution < -0.4 is 10.6 Å². The zero-order valence-corrected chi connectivity index (χ0v) is 17.3. The molecule has 6 nitrogen and oxygen atoms in total. The molecule has 2 aromatic rings. The molecule has 1 amide bonds. The van der Waals surface area contributed by atoms with E-state index in [0.29, 0.717) is 12.1 Å². The van der Waals surface area contributed by atoms with E-state index >= 15 is 0 Å². The number of aliphatic hydroxyl groups excluding tert-OH is 1. The number of aliphatic hydroxyl groups is 1. The van der Waals surface area contributed by atoms with Crippen LogP contribution in [0.1, 0.15) is 44.6 Å².